The number of imidazole rings is 1. The number of ether oxygens (including phenoxy) is 1. The summed E-state index contributed by atoms with van der Waals surface area (Å²) in [6.45, 7) is 18.3. The molecule has 0 saturated carbocycles. The number of hydrogen-bond acceptors (Lipinski definition) is 5. The van der Waals surface area contributed by atoms with Crippen molar-refractivity contribution in [3.63, 3.8) is 0 Å². The molecule has 3 rings (SSSR count). The van der Waals surface area contributed by atoms with Crippen LogP contribution in [0.3, 0.4) is 0 Å². The third-order valence-electron chi connectivity index (χ3n) is 7.90. The Balaban J connectivity index is 2.07. The molecule has 8 heteroatoms. The zero-order chi connectivity index (χ0) is 31.1. The fraction of sp³-hybridized carbons (Fsp3) is 0.500. The normalized spacial score (nSPS) is 14.6. The van der Waals surface area contributed by atoms with Gasteiger partial charge in [0, 0.05) is 12.8 Å². The van der Waals surface area contributed by atoms with E-state index in [1.807, 2.05) is 57.2 Å². The minimum Gasteiger partial charge on any atom is -0.444 e. The molecule has 0 radical (unpaired) electrons. The predicted molar refractivity (Wildman–Crippen MR) is 171 cm³/mol. The number of aromatic nitrogens is 2. The van der Waals surface area contributed by atoms with Gasteiger partial charge in [0.1, 0.15) is 17.1 Å². The van der Waals surface area contributed by atoms with Crippen molar-refractivity contribution in [3.8, 4) is 0 Å². The number of H-pyrrole nitrogens is 1. The summed E-state index contributed by atoms with van der Waals surface area (Å²) in [5, 5.41) is 3.15. The van der Waals surface area contributed by atoms with Crippen LogP contribution in [0.25, 0.3) is 0 Å². The summed E-state index contributed by atoms with van der Waals surface area (Å²) in [6.07, 6.45) is 2.66. The molecule has 1 heterocycles. The monoisotopic (exact) mass is 591 g/mol. The summed E-state index contributed by atoms with van der Waals surface area (Å²) in [4.78, 5) is 33.3. The topological polar surface area (TPSA) is 93.3 Å². The van der Waals surface area contributed by atoms with Crippen LogP contribution in [0.15, 0.2) is 66.9 Å². The number of Topliss-reactive ketones (excluding diaryl/α,β-unsaturated/α-hetero) is 1. The van der Waals surface area contributed by atoms with Crippen LogP contribution in [0.4, 0.5) is 4.79 Å². The van der Waals surface area contributed by atoms with Gasteiger partial charge in [0.15, 0.2) is 14.1 Å². The van der Waals surface area contributed by atoms with Gasteiger partial charge in [-0.25, -0.2) is 9.78 Å². The first-order chi connectivity index (χ1) is 19.5. The number of nitrogens with zero attached hydrogens (tertiary/aromatic N) is 1. The van der Waals surface area contributed by atoms with Crippen LogP contribution >= 0.6 is 0 Å². The van der Waals surface area contributed by atoms with Crippen LogP contribution in [-0.4, -0.2) is 47.9 Å². The Morgan fingerprint density at radius 1 is 0.905 bits per heavy atom. The van der Waals surface area contributed by atoms with E-state index in [0.29, 0.717) is 25.0 Å². The number of rotatable bonds is 12. The number of benzene rings is 2. The average molecular weight is 592 g/mol. The van der Waals surface area contributed by atoms with Crippen molar-refractivity contribution in [2.45, 2.75) is 110 Å². The number of carbonyl (C=O) groups is 2. The Morgan fingerprint density at radius 3 is 1.93 bits per heavy atom. The molecule has 0 fully saturated rings. The first-order valence-corrected chi connectivity index (χ1v) is 17.8. The van der Waals surface area contributed by atoms with Gasteiger partial charge in [-0.3, -0.25) is 4.79 Å². The number of aromatic amines is 1. The number of nitrogens with one attached hydrogen (secondary N) is 2. The van der Waals surface area contributed by atoms with Crippen molar-refractivity contribution in [2.24, 2.45) is 0 Å². The third-order valence-corrected chi connectivity index (χ3v) is 12.4. The Morgan fingerprint density at radius 2 is 1.45 bits per heavy atom. The second-order valence-corrected chi connectivity index (χ2v) is 18.5. The third kappa shape index (κ3) is 9.95. The summed E-state index contributed by atoms with van der Waals surface area (Å²) in [5.74, 6) is 0.590. The van der Waals surface area contributed by atoms with Crippen molar-refractivity contribution < 1.29 is 18.8 Å². The summed E-state index contributed by atoms with van der Waals surface area (Å²) >= 11 is 0. The first-order valence-electron chi connectivity index (χ1n) is 14.8. The fourth-order valence-electron chi connectivity index (χ4n) is 4.65. The van der Waals surface area contributed by atoms with E-state index in [4.69, 9.17) is 9.16 Å². The van der Waals surface area contributed by atoms with Gasteiger partial charge in [-0.15, -0.1) is 0 Å². The van der Waals surface area contributed by atoms with Gasteiger partial charge in [-0.2, -0.15) is 0 Å². The van der Waals surface area contributed by atoms with E-state index in [1.165, 1.54) is 6.92 Å². The molecule has 0 spiro atoms. The highest BCUT2D eigenvalue weighted by atomic mass is 28.4. The van der Waals surface area contributed by atoms with E-state index in [0.717, 1.165) is 17.0 Å². The van der Waals surface area contributed by atoms with Gasteiger partial charge < -0.3 is 19.5 Å². The van der Waals surface area contributed by atoms with E-state index < -0.39 is 20.0 Å². The molecule has 2 aromatic carbocycles. The quantitative estimate of drug-likeness (QED) is 0.165. The zero-order valence-corrected chi connectivity index (χ0v) is 27.8. The number of hydrogen-bond donors (Lipinski definition) is 2. The van der Waals surface area contributed by atoms with Crippen molar-refractivity contribution in [3.05, 3.63) is 89.5 Å². The van der Waals surface area contributed by atoms with Crippen molar-refractivity contribution in [2.75, 3.05) is 0 Å². The molecule has 3 atom stereocenters. The second kappa shape index (κ2) is 13.8. The van der Waals surface area contributed by atoms with Gasteiger partial charge in [0.2, 0.25) is 0 Å². The van der Waals surface area contributed by atoms with Crippen molar-refractivity contribution >= 4 is 20.2 Å². The van der Waals surface area contributed by atoms with Crippen LogP contribution in [-0.2, 0) is 22.0 Å². The Bertz CT molecular complexity index is 1290. The van der Waals surface area contributed by atoms with E-state index in [1.54, 1.807) is 6.20 Å². The molecular formula is C34H49N3O4Si. The molecule has 2 N–H and O–H groups in total. The van der Waals surface area contributed by atoms with Crippen molar-refractivity contribution in [1.29, 1.82) is 0 Å². The highest BCUT2D eigenvalue weighted by Gasteiger charge is 2.42. The molecule has 7 nitrogen and oxygen atoms in total. The summed E-state index contributed by atoms with van der Waals surface area (Å²) in [6, 6.07) is 20.0. The lowest BCUT2D eigenvalue weighted by atomic mass is 9.89. The fourth-order valence-corrected chi connectivity index (χ4v) is 6.02. The lowest BCUT2D eigenvalue weighted by Gasteiger charge is -2.42. The maximum atomic E-state index is 13.2. The van der Waals surface area contributed by atoms with E-state index in [2.05, 4.69) is 73.4 Å². The van der Waals surface area contributed by atoms with E-state index >= 15 is 0 Å². The summed E-state index contributed by atoms with van der Waals surface area (Å²) in [7, 11) is -2.30. The smallest absolute Gasteiger partial charge is 0.407 e. The van der Waals surface area contributed by atoms with E-state index in [9.17, 15) is 9.59 Å². The lowest BCUT2D eigenvalue weighted by Crippen LogP contribution is -2.53. The second-order valence-electron chi connectivity index (χ2n) is 13.7. The molecule has 1 aromatic heterocycles. The minimum absolute atomic E-state index is 0.0458. The van der Waals surface area contributed by atoms with Gasteiger partial charge in [-0.05, 0) is 69.3 Å². The average Bonchev–Trinajstić information content (AvgIpc) is 3.38. The molecular weight excluding hydrogens is 542 g/mol. The molecule has 1 amide bonds. The molecule has 0 aliphatic carbocycles. The Labute approximate surface area is 253 Å². The molecule has 3 aromatic rings. The number of ketones is 1. The molecule has 0 aliphatic rings. The van der Waals surface area contributed by atoms with Crippen LogP contribution in [0, 0.1) is 0 Å². The molecule has 42 heavy (non-hydrogen) atoms. The van der Waals surface area contributed by atoms with Crippen LogP contribution < -0.4 is 5.32 Å². The predicted octanol–water partition coefficient (Wildman–Crippen LogP) is 7.86. The van der Waals surface area contributed by atoms with Gasteiger partial charge >= 0.3 is 6.09 Å². The Kier molecular flexibility index (Phi) is 11.0. The van der Waals surface area contributed by atoms with E-state index in [-0.39, 0.29) is 28.9 Å². The Hall–Kier alpha value is -3.23. The molecule has 0 saturated heterocycles. The van der Waals surface area contributed by atoms with Gasteiger partial charge in [0.25, 0.3) is 0 Å². The highest BCUT2D eigenvalue weighted by molar-refractivity contribution is 6.74. The molecule has 0 aliphatic heterocycles. The zero-order valence-electron chi connectivity index (χ0n) is 26.8. The minimum atomic E-state index is -2.30. The molecule has 228 valence electrons. The van der Waals surface area contributed by atoms with Crippen LogP contribution in [0.5, 0.6) is 0 Å². The maximum Gasteiger partial charge on any atom is 0.407 e. The van der Waals surface area contributed by atoms with Gasteiger partial charge in [-0.1, -0.05) is 81.4 Å². The lowest BCUT2D eigenvalue weighted by molar-refractivity contribution is 0.0418. The molecule has 0 bridgehead atoms. The number of amides is 1. The van der Waals surface area contributed by atoms with Crippen LogP contribution in [0.1, 0.15) is 88.2 Å². The van der Waals surface area contributed by atoms with Crippen molar-refractivity contribution in [1.82, 2.24) is 15.3 Å². The first kappa shape index (κ1) is 33.3. The standard InChI is InChI=1S/C34H49N3O4Si/c1-24(38)29-23-35-31(36-29)27(20-25-16-12-10-13-17-25)22-30(41-42(8,9)34(5,6)7)28(21-26-18-14-11-15-19-26)37-32(39)40-33(2,3)4/h10-19,23,27-28,30H,20-22H2,1-9H3,(H,35,36)(H,37,39)/t27-,28+,30+/m1/s1. The largest absolute Gasteiger partial charge is 0.444 e. The number of carbonyl (C=O) groups excluding carboxylic acids is 2. The summed E-state index contributed by atoms with van der Waals surface area (Å²) in [5.41, 5.74) is 2.11. The van der Waals surface area contributed by atoms with Gasteiger partial charge in [0.05, 0.1) is 18.3 Å². The SMILES string of the molecule is CC(=O)c1cnc([C@H](Cc2ccccc2)C[C@H](O[Si](C)(C)C(C)(C)C)[C@H](Cc2ccccc2)NC(=O)OC(C)(C)C)[nH]1. The molecule has 0 unspecified atom stereocenters. The summed E-state index contributed by atoms with van der Waals surface area (Å²) < 4.78 is 12.9. The maximum absolute atomic E-state index is 13.2. The highest BCUT2D eigenvalue weighted by Crippen LogP contribution is 2.39. The van der Waals surface area contributed by atoms with Crippen LogP contribution in [0.2, 0.25) is 18.1 Å². The number of alkyl carbamates (subject to hydrolysis) is 1.